The standard InChI is InChI=1S/C23H31N3O3/c24-13-5-4-8-21(22(28)15-18-9-11-19(16-27)12-10-18)26-23(29)20(25)14-17-6-2-1-3-7-17/h1-3,6-7,9-12,20-21,27H,4-5,8,13-16,24-25H2,(H,26,29). The van der Waals surface area contributed by atoms with Gasteiger partial charge >= 0.3 is 0 Å². The van der Waals surface area contributed by atoms with Crippen molar-refractivity contribution in [3.63, 3.8) is 0 Å². The van der Waals surface area contributed by atoms with E-state index in [-0.39, 0.29) is 24.7 Å². The fraction of sp³-hybridized carbons (Fsp3) is 0.391. The molecule has 0 saturated carbocycles. The summed E-state index contributed by atoms with van der Waals surface area (Å²) in [6.07, 6.45) is 2.71. The molecule has 0 bridgehead atoms. The van der Waals surface area contributed by atoms with E-state index in [1.165, 1.54) is 0 Å². The molecule has 0 aliphatic rings. The van der Waals surface area contributed by atoms with Gasteiger partial charge in [0.05, 0.1) is 18.7 Å². The fourth-order valence-electron chi connectivity index (χ4n) is 3.13. The molecule has 6 heteroatoms. The van der Waals surface area contributed by atoms with Gasteiger partial charge in [0, 0.05) is 6.42 Å². The van der Waals surface area contributed by atoms with Gasteiger partial charge in [-0.3, -0.25) is 9.59 Å². The molecule has 2 aromatic rings. The predicted molar refractivity (Wildman–Crippen MR) is 114 cm³/mol. The Morgan fingerprint density at radius 2 is 1.59 bits per heavy atom. The molecule has 156 valence electrons. The lowest BCUT2D eigenvalue weighted by molar-refractivity contribution is -0.128. The second-order valence-electron chi connectivity index (χ2n) is 7.26. The van der Waals surface area contributed by atoms with Crippen molar-refractivity contribution in [1.82, 2.24) is 5.32 Å². The third-order valence-electron chi connectivity index (χ3n) is 4.87. The number of aliphatic hydroxyl groups excluding tert-OH is 1. The summed E-state index contributed by atoms with van der Waals surface area (Å²) < 4.78 is 0. The molecular formula is C23H31N3O3. The van der Waals surface area contributed by atoms with Crippen LogP contribution in [0.3, 0.4) is 0 Å². The number of carbonyl (C=O) groups is 2. The van der Waals surface area contributed by atoms with E-state index >= 15 is 0 Å². The zero-order chi connectivity index (χ0) is 21.1. The molecule has 0 aliphatic heterocycles. The lowest BCUT2D eigenvalue weighted by Crippen LogP contribution is -2.49. The van der Waals surface area contributed by atoms with Crippen LogP contribution in [0.5, 0.6) is 0 Å². The Bertz CT molecular complexity index is 763. The molecule has 2 rings (SSSR count). The number of hydrogen-bond acceptors (Lipinski definition) is 5. The third-order valence-corrected chi connectivity index (χ3v) is 4.87. The lowest BCUT2D eigenvalue weighted by atomic mass is 9.98. The summed E-state index contributed by atoms with van der Waals surface area (Å²) in [5, 5.41) is 12.0. The number of amides is 1. The molecule has 2 aromatic carbocycles. The van der Waals surface area contributed by atoms with E-state index < -0.39 is 12.1 Å². The molecule has 2 atom stereocenters. The monoisotopic (exact) mass is 397 g/mol. The van der Waals surface area contributed by atoms with Gasteiger partial charge in [-0.15, -0.1) is 0 Å². The normalized spacial score (nSPS) is 12.9. The van der Waals surface area contributed by atoms with Crippen molar-refractivity contribution in [2.45, 2.75) is 50.8 Å². The maximum Gasteiger partial charge on any atom is 0.237 e. The number of benzene rings is 2. The Labute approximate surface area is 172 Å². The van der Waals surface area contributed by atoms with Crippen LogP contribution in [0.1, 0.15) is 36.0 Å². The number of aliphatic hydroxyl groups is 1. The van der Waals surface area contributed by atoms with E-state index in [0.29, 0.717) is 19.4 Å². The van der Waals surface area contributed by atoms with Crippen LogP contribution in [0.2, 0.25) is 0 Å². The smallest absolute Gasteiger partial charge is 0.237 e. The van der Waals surface area contributed by atoms with E-state index in [9.17, 15) is 9.59 Å². The third kappa shape index (κ3) is 7.77. The van der Waals surface area contributed by atoms with Crippen molar-refractivity contribution in [3.8, 4) is 0 Å². The molecule has 1 amide bonds. The number of carbonyl (C=O) groups excluding carboxylic acids is 2. The van der Waals surface area contributed by atoms with Gasteiger partial charge in [0.1, 0.15) is 0 Å². The molecule has 6 N–H and O–H groups in total. The largest absolute Gasteiger partial charge is 0.392 e. The van der Waals surface area contributed by atoms with Crippen molar-refractivity contribution in [1.29, 1.82) is 0 Å². The van der Waals surface area contributed by atoms with Gasteiger partial charge in [-0.25, -0.2) is 0 Å². The van der Waals surface area contributed by atoms with Crippen LogP contribution in [0.4, 0.5) is 0 Å². The summed E-state index contributed by atoms with van der Waals surface area (Å²) in [5.74, 6) is -0.380. The summed E-state index contributed by atoms with van der Waals surface area (Å²) in [6, 6.07) is 15.5. The molecule has 6 nitrogen and oxygen atoms in total. The molecule has 29 heavy (non-hydrogen) atoms. The van der Waals surface area contributed by atoms with Crippen LogP contribution in [-0.2, 0) is 29.0 Å². The van der Waals surface area contributed by atoms with Crippen LogP contribution in [0.15, 0.2) is 54.6 Å². The second-order valence-corrected chi connectivity index (χ2v) is 7.26. The number of unbranched alkanes of at least 4 members (excludes halogenated alkanes) is 1. The Balaban J connectivity index is 1.99. The van der Waals surface area contributed by atoms with Crippen molar-refractivity contribution in [2.24, 2.45) is 11.5 Å². The van der Waals surface area contributed by atoms with Crippen LogP contribution in [0.25, 0.3) is 0 Å². The van der Waals surface area contributed by atoms with Crippen LogP contribution in [-0.4, -0.2) is 35.4 Å². The van der Waals surface area contributed by atoms with Gasteiger partial charge in [-0.05, 0) is 48.9 Å². The summed E-state index contributed by atoms with van der Waals surface area (Å²) in [6.45, 7) is 0.510. The SMILES string of the molecule is NCCCCC(NC(=O)C(N)Cc1ccccc1)C(=O)Cc1ccc(CO)cc1. The number of Topliss-reactive ketones (excluding diaryl/α,β-unsaturated/α-hetero) is 1. The Kier molecular flexibility index (Phi) is 9.50. The van der Waals surface area contributed by atoms with Gasteiger partial charge in [0.2, 0.25) is 5.91 Å². The predicted octanol–water partition coefficient (Wildman–Crippen LogP) is 1.47. The highest BCUT2D eigenvalue weighted by atomic mass is 16.3. The Hall–Kier alpha value is -2.54. The quantitative estimate of drug-likeness (QED) is 0.405. The highest BCUT2D eigenvalue weighted by Crippen LogP contribution is 2.10. The second kappa shape index (κ2) is 12.1. The van der Waals surface area contributed by atoms with E-state index in [4.69, 9.17) is 16.6 Å². The number of nitrogens with one attached hydrogen (secondary N) is 1. The first kappa shape index (κ1) is 22.7. The van der Waals surface area contributed by atoms with Crippen LogP contribution >= 0.6 is 0 Å². The van der Waals surface area contributed by atoms with E-state index in [0.717, 1.165) is 29.5 Å². The average Bonchev–Trinajstić information content (AvgIpc) is 2.74. The number of ketones is 1. The van der Waals surface area contributed by atoms with Gasteiger partial charge in [-0.2, -0.15) is 0 Å². The average molecular weight is 398 g/mol. The highest BCUT2D eigenvalue weighted by Gasteiger charge is 2.23. The summed E-state index contributed by atoms with van der Waals surface area (Å²) >= 11 is 0. The van der Waals surface area contributed by atoms with Gasteiger partial charge in [-0.1, -0.05) is 54.6 Å². The maximum absolute atomic E-state index is 12.8. The van der Waals surface area contributed by atoms with Gasteiger partial charge in [0.25, 0.3) is 0 Å². The first-order valence-corrected chi connectivity index (χ1v) is 10.0. The fourth-order valence-corrected chi connectivity index (χ4v) is 3.13. The maximum atomic E-state index is 12.8. The van der Waals surface area contributed by atoms with E-state index in [2.05, 4.69) is 5.32 Å². The number of hydrogen-bond donors (Lipinski definition) is 4. The number of rotatable bonds is 12. The highest BCUT2D eigenvalue weighted by molar-refractivity contribution is 5.92. The molecule has 0 aliphatic carbocycles. The molecule has 0 radical (unpaired) electrons. The first-order chi connectivity index (χ1) is 14.0. The molecule has 0 aromatic heterocycles. The first-order valence-electron chi connectivity index (χ1n) is 10.0. The molecule has 0 saturated heterocycles. The minimum absolute atomic E-state index is 0.0364. The van der Waals surface area contributed by atoms with Gasteiger partial charge < -0.3 is 21.9 Å². The molecule has 2 unspecified atom stereocenters. The zero-order valence-electron chi connectivity index (χ0n) is 16.7. The minimum atomic E-state index is -0.717. The lowest BCUT2D eigenvalue weighted by Gasteiger charge is -2.20. The molecule has 0 fully saturated rings. The van der Waals surface area contributed by atoms with Gasteiger partial charge in [0.15, 0.2) is 5.78 Å². The summed E-state index contributed by atoms with van der Waals surface area (Å²) in [7, 11) is 0. The number of nitrogens with two attached hydrogens (primary N) is 2. The summed E-state index contributed by atoms with van der Waals surface area (Å²) in [5.41, 5.74) is 14.3. The van der Waals surface area contributed by atoms with Crippen LogP contribution < -0.4 is 16.8 Å². The molecular weight excluding hydrogens is 366 g/mol. The zero-order valence-corrected chi connectivity index (χ0v) is 16.7. The minimum Gasteiger partial charge on any atom is -0.392 e. The van der Waals surface area contributed by atoms with Crippen molar-refractivity contribution < 1.29 is 14.7 Å². The Morgan fingerprint density at radius 1 is 0.931 bits per heavy atom. The topological polar surface area (TPSA) is 118 Å². The Morgan fingerprint density at radius 3 is 2.21 bits per heavy atom. The molecule has 0 spiro atoms. The van der Waals surface area contributed by atoms with Crippen LogP contribution in [0, 0.1) is 0 Å². The van der Waals surface area contributed by atoms with E-state index in [1.54, 1.807) is 12.1 Å². The van der Waals surface area contributed by atoms with E-state index in [1.807, 2.05) is 42.5 Å². The molecule has 0 heterocycles. The summed E-state index contributed by atoms with van der Waals surface area (Å²) in [4.78, 5) is 25.4. The van der Waals surface area contributed by atoms with Crippen molar-refractivity contribution in [2.75, 3.05) is 6.54 Å². The van der Waals surface area contributed by atoms with Crippen molar-refractivity contribution in [3.05, 3.63) is 71.3 Å². The van der Waals surface area contributed by atoms with Crippen molar-refractivity contribution >= 4 is 11.7 Å².